The summed E-state index contributed by atoms with van der Waals surface area (Å²) in [6.07, 6.45) is 1.42. The summed E-state index contributed by atoms with van der Waals surface area (Å²) in [6.45, 7) is 1.72. The predicted molar refractivity (Wildman–Crippen MR) is 35.6 cm³/mol. The van der Waals surface area contributed by atoms with E-state index in [1.165, 1.54) is 18.3 Å². The van der Waals surface area contributed by atoms with Gasteiger partial charge in [0.05, 0.1) is 4.92 Å². The van der Waals surface area contributed by atoms with Crippen LogP contribution in [0, 0.1) is 17.0 Å². The quantitative estimate of drug-likeness (QED) is 0.434. The second kappa shape index (κ2) is 2.43. The van der Waals surface area contributed by atoms with Gasteiger partial charge in [0.1, 0.15) is 0 Å². The molecular weight excluding hydrogens is 132 g/mol. The smallest absolute Gasteiger partial charge is 0.261 e. The maximum absolute atomic E-state index is 10.1. The molecule has 0 spiro atoms. The molecule has 0 saturated heterocycles. The number of pyridine rings is 1. The van der Waals surface area contributed by atoms with E-state index in [-0.39, 0.29) is 5.69 Å². The summed E-state index contributed by atoms with van der Waals surface area (Å²) in [4.78, 5) is 13.5. The topological polar surface area (TPSA) is 56.0 Å². The second-order valence-corrected chi connectivity index (χ2v) is 1.91. The summed E-state index contributed by atoms with van der Waals surface area (Å²) < 4.78 is 0. The average molecular weight is 138 g/mol. The zero-order valence-electron chi connectivity index (χ0n) is 5.44. The van der Waals surface area contributed by atoms with Gasteiger partial charge in [0, 0.05) is 24.0 Å². The molecule has 0 amide bonds. The molecule has 0 aromatic carbocycles. The lowest BCUT2D eigenvalue weighted by Gasteiger charge is -1.90. The number of hydrogen-bond acceptors (Lipinski definition) is 3. The first kappa shape index (κ1) is 6.67. The van der Waals surface area contributed by atoms with Crippen molar-refractivity contribution < 1.29 is 4.92 Å². The van der Waals surface area contributed by atoms with E-state index in [2.05, 4.69) is 4.98 Å². The highest BCUT2D eigenvalue weighted by Gasteiger charge is 2.02. The van der Waals surface area contributed by atoms with Gasteiger partial charge in [-0.2, -0.15) is 0 Å². The predicted octanol–water partition coefficient (Wildman–Crippen LogP) is 1.30. The number of aromatic nitrogens is 1. The van der Waals surface area contributed by atoms with Crippen molar-refractivity contribution in [3.05, 3.63) is 34.1 Å². The van der Waals surface area contributed by atoms with Crippen molar-refractivity contribution in [3.8, 4) is 0 Å². The van der Waals surface area contributed by atoms with Crippen LogP contribution >= 0.6 is 0 Å². The van der Waals surface area contributed by atoms with Gasteiger partial charge in [-0.15, -0.1) is 0 Å². The number of hydrogen-bond donors (Lipinski definition) is 0. The minimum Gasteiger partial charge on any atom is -0.261 e. The van der Waals surface area contributed by atoms with Gasteiger partial charge in [-0.25, -0.2) is 0 Å². The van der Waals surface area contributed by atoms with Crippen LogP contribution in [0.25, 0.3) is 0 Å². The van der Waals surface area contributed by atoms with Crippen LogP contribution in [0.4, 0.5) is 5.69 Å². The minimum atomic E-state index is -0.436. The molecule has 0 N–H and O–H groups in total. The molecule has 0 aliphatic carbocycles. The van der Waals surface area contributed by atoms with Crippen LogP contribution < -0.4 is 0 Å². The molecule has 10 heavy (non-hydrogen) atoms. The molecule has 1 heterocycles. The van der Waals surface area contributed by atoms with E-state index in [0.29, 0.717) is 5.69 Å². The lowest BCUT2D eigenvalue weighted by atomic mass is 10.3. The Bertz CT molecular complexity index is 260. The van der Waals surface area contributed by atoms with Gasteiger partial charge in [-0.3, -0.25) is 15.1 Å². The largest absolute Gasteiger partial charge is 0.272 e. The molecule has 1 rings (SSSR count). The van der Waals surface area contributed by atoms with E-state index in [0.717, 1.165) is 0 Å². The SMILES string of the molecule is Cc1cc([N+](=O)[O-])ccn1. The maximum atomic E-state index is 10.1. The molecule has 4 nitrogen and oxygen atoms in total. The first-order valence-corrected chi connectivity index (χ1v) is 2.77. The third-order valence-corrected chi connectivity index (χ3v) is 1.09. The molecule has 1 aromatic rings. The summed E-state index contributed by atoms with van der Waals surface area (Å²) in [7, 11) is 0. The molecule has 4 heteroatoms. The Morgan fingerprint density at radius 1 is 1.70 bits per heavy atom. The van der Waals surface area contributed by atoms with E-state index in [1.54, 1.807) is 6.92 Å². The fraction of sp³-hybridized carbons (Fsp3) is 0.167. The monoisotopic (exact) mass is 138 g/mol. The minimum absolute atomic E-state index is 0.0903. The van der Waals surface area contributed by atoms with Gasteiger partial charge >= 0.3 is 0 Å². The van der Waals surface area contributed by atoms with Crippen molar-refractivity contribution in [1.82, 2.24) is 4.98 Å². The van der Waals surface area contributed by atoms with E-state index >= 15 is 0 Å². The van der Waals surface area contributed by atoms with Crippen LogP contribution in [0.2, 0.25) is 0 Å². The van der Waals surface area contributed by atoms with Crippen LogP contribution in [-0.2, 0) is 0 Å². The average Bonchev–Trinajstić information content (AvgIpc) is 1.88. The number of nitro groups is 1. The van der Waals surface area contributed by atoms with Gasteiger partial charge in [-0.1, -0.05) is 0 Å². The van der Waals surface area contributed by atoms with Crippen LogP contribution in [-0.4, -0.2) is 9.91 Å². The Labute approximate surface area is 57.7 Å². The van der Waals surface area contributed by atoms with Crippen molar-refractivity contribution in [2.24, 2.45) is 0 Å². The molecule has 0 aliphatic heterocycles. The van der Waals surface area contributed by atoms with Gasteiger partial charge in [0.2, 0.25) is 0 Å². The molecular formula is C6H6N2O2. The second-order valence-electron chi connectivity index (χ2n) is 1.91. The van der Waals surface area contributed by atoms with Crippen LogP contribution in [0.5, 0.6) is 0 Å². The Balaban J connectivity index is 3.07. The lowest BCUT2D eigenvalue weighted by Crippen LogP contribution is -1.88. The number of nitrogens with zero attached hydrogens (tertiary/aromatic N) is 2. The number of aryl methyl sites for hydroxylation is 1. The Morgan fingerprint density at radius 3 is 2.80 bits per heavy atom. The third-order valence-electron chi connectivity index (χ3n) is 1.09. The highest BCUT2D eigenvalue weighted by molar-refractivity contribution is 5.28. The van der Waals surface area contributed by atoms with Crippen molar-refractivity contribution in [3.63, 3.8) is 0 Å². The van der Waals surface area contributed by atoms with Gasteiger partial charge in [-0.05, 0) is 6.92 Å². The van der Waals surface area contributed by atoms with E-state index in [4.69, 9.17) is 0 Å². The highest BCUT2D eigenvalue weighted by atomic mass is 16.6. The zero-order valence-corrected chi connectivity index (χ0v) is 5.44. The lowest BCUT2D eigenvalue weighted by molar-refractivity contribution is -0.385. The molecule has 0 radical (unpaired) electrons. The standard InChI is InChI=1S/C6H6N2O2/c1-5-4-6(8(9)10)2-3-7-5/h2-4H,1H3. The van der Waals surface area contributed by atoms with Gasteiger partial charge in [0.15, 0.2) is 0 Å². The van der Waals surface area contributed by atoms with Crippen molar-refractivity contribution in [2.75, 3.05) is 0 Å². The van der Waals surface area contributed by atoms with Crippen molar-refractivity contribution >= 4 is 5.69 Å². The summed E-state index contributed by atoms with van der Waals surface area (Å²) in [5.41, 5.74) is 0.752. The first-order valence-electron chi connectivity index (χ1n) is 2.77. The summed E-state index contributed by atoms with van der Waals surface area (Å²) in [6, 6.07) is 2.80. The molecule has 0 fully saturated rings. The normalized spacial score (nSPS) is 9.30. The van der Waals surface area contributed by atoms with E-state index in [1.807, 2.05) is 0 Å². The molecule has 52 valence electrons. The van der Waals surface area contributed by atoms with E-state index < -0.39 is 4.92 Å². The Morgan fingerprint density at radius 2 is 2.40 bits per heavy atom. The summed E-state index contributed by atoms with van der Waals surface area (Å²) in [5, 5.41) is 10.1. The Hall–Kier alpha value is -1.45. The molecule has 0 saturated carbocycles. The zero-order chi connectivity index (χ0) is 7.56. The van der Waals surface area contributed by atoms with Crippen molar-refractivity contribution in [1.29, 1.82) is 0 Å². The first-order chi connectivity index (χ1) is 4.70. The van der Waals surface area contributed by atoms with Gasteiger partial charge in [0.25, 0.3) is 5.69 Å². The van der Waals surface area contributed by atoms with Crippen LogP contribution in [0.3, 0.4) is 0 Å². The number of rotatable bonds is 1. The van der Waals surface area contributed by atoms with Crippen molar-refractivity contribution in [2.45, 2.75) is 6.92 Å². The van der Waals surface area contributed by atoms with Crippen LogP contribution in [0.15, 0.2) is 18.3 Å². The van der Waals surface area contributed by atoms with Gasteiger partial charge < -0.3 is 0 Å². The molecule has 0 aliphatic rings. The molecule has 0 bridgehead atoms. The highest BCUT2D eigenvalue weighted by Crippen LogP contribution is 2.08. The fourth-order valence-electron chi connectivity index (χ4n) is 0.644. The third kappa shape index (κ3) is 1.28. The molecule has 0 atom stereocenters. The van der Waals surface area contributed by atoms with Crippen LogP contribution in [0.1, 0.15) is 5.69 Å². The van der Waals surface area contributed by atoms with E-state index in [9.17, 15) is 10.1 Å². The molecule has 1 aromatic heterocycles. The fourth-order valence-corrected chi connectivity index (χ4v) is 0.644. The molecule has 0 unspecified atom stereocenters. The summed E-state index contributed by atoms with van der Waals surface area (Å²) >= 11 is 0. The maximum Gasteiger partial charge on any atom is 0.272 e. The summed E-state index contributed by atoms with van der Waals surface area (Å²) in [5.74, 6) is 0. The Kier molecular flexibility index (Phi) is 1.62.